The van der Waals surface area contributed by atoms with Gasteiger partial charge in [0.25, 0.3) is 15.9 Å². The third kappa shape index (κ3) is 4.99. The van der Waals surface area contributed by atoms with Gasteiger partial charge in [-0.3, -0.25) is 9.10 Å². The van der Waals surface area contributed by atoms with E-state index in [4.69, 9.17) is 0 Å². The number of carbonyl (C=O) groups is 1. The predicted octanol–water partition coefficient (Wildman–Crippen LogP) is 4.47. The molecule has 1 aliphatic carbocycles. The zero-order valence-corrected chi connectivity index (χ0v) is 18.4. The molecule has 0 heterocycles. The highest BCUT2D eigenvalue weighted by Crippen LogP contribution is 2.30. The highest BCUT2D eigenvalue weighted by Gasteiger charge is 2.33. The lowest BCUT2D eigenvalue weighted by atomic mass is 10.1. The highest BCUT2D eigenvalue weighted by atomic mass is 32.2. The second-order valence-electron chi connectivity index (χ2n) is 8.25. The number of amides is 1. The van der Waals surface area contributed by atoms with Gasteiger partial charge in [0.15, 0.2) is 0 Å². The third-order valence-electron chi connectivity index (χ3n) is 5.33. The third-order valence-corrected chi connectivity index (χ3v) is 7.11. The summed E-state index contributed by atoms with van der Waals surface area (Å²) in [5.74, 6) is 0.433. The molecule has 2 aromatic carbocycles. The van der Waals surface area contributed by atoms with Crippen molar-refractivity contribution >= 4 is 21.6 Å². The van der Waals surface area contributed by atoms with Crippen LogP contribution < -0.4 is 4.31 Å². The maximum Gasteiger partial charge on any atom is 0.264 e. The molecule has 0 aromatic heterocycles. The topological polar surface area (TPSA) is 57.7 Å². The molecule has 1 saturated carbocycles. The Morgan fingerprint density at radius 2 is 1.76 bits per heavy atom. The van der Waals surface area contributed by atoms with Crippen molar-refractivity contribution in [2.24, 2.45) is 5.92 Å². The number of hydrogen-bond acceptors (Lipinski definition) is 3. The van der Waals surface area contributed by atoms with E-state index in [2.05, 4.69) is 13.8 Å². The molecule has 1 amide bonds. The van der Waals surface area contributed by atoms with Crippen molar-refractivity contribution in [1.29, 1.82) is 0 Å². The van der Waals surface area contributed by atoms with Gasteiger partial charge in [0.2, 0.25) is 0 Å². The van der Waals surface area contributed by atoms with Crippen molar-refractivity contribution in [2.45, 2.75) is 51.0 Å². The molecule has 1 fully saturated rings. The van der Waals surface area contributed by atoms with Crippen molar-refractivity contribution in [3.8, 4) is 0 Å². The van der Waals surface area contributed by atoms with Crippen molar-refractivity contribution in [2.75, 3.05) is 17.9 Å². The lowest BCUT2D eigenvalue weighted by Crippen LogP contribution is -2.35. The standard InChI is InChI=1S/C23H30N2O3S/c1-17(2)14-15-25(21-12-13-21)23(26)19-6-5-7-22(16-19)29(27,28)24(4)20-10-8-18(3)9-11-20/h5-11,16-17,21H,12-15H2,1-4H3. The molecule has 0 N–H and O–H groups in total. The number of aryl methyl sites for hydroxylation is 1. The summed E-state index contributed by atoms with van der Waals surface area (Å²) in [6.07, 6.45) is 2.99. The molecule has 29 heavy (non-hydrogen) atoms. The van der Waals surface area contributed by atoms with Gasteiger partial charge in [-0.15, -0.1) is 0 Å². The van der Waals surface area contributed by atoms with E-state index in [0.717, 1.165) is 24.8 Å². The van der Waals surface area contributed by atoms with Crippen LogP contribution in [0.3, 0.4) is 0 Å². The summed E-state index contributed by atoms with van der Waals surface area (Å²) in [5.41, 5.74) is 2.08. The summed E-state index contributed by atoms with van der Waals surface area (Å²) in [4.78, 5) is 15.2. The quantitative estimate of drug-likeness (QED) is 0.640. The summed E-state index contributed by atoms with van der Waals surface area (Å²) in [7, 11) is -2.22. The Balaban J connectivity index is 1.85. The van der Waals surface area contributed by atoms with Crippen LogP contribution in [0.4, 0.5) is 5.69 Å². The van der Waals surface area contributed by atoms with Gasteiger partial charge in [0.1, 0.15) is 0 Å². The first-order chi connectivity index (χ1) is 13.7. The van der Waals surface area contributed by atoms with Gasteiger partial charge in [-0.05, 0) is 62.4 Å². The molecule has 0 radical (unpaired) electrons. The lowest BCUT2D eigenvalue weighted by molar-refractivity contribution is 0.0735. The fourth-order valence-corrected chi connectivity index (χ4v) is 4.48. The van der Waals surface area contributed by atoms with Crippen LogP contribution in [0.1, 0.15) is 49.0 Å². The fraction of sp³-hybridized carbons (Fsp3) is 0.435. The molecule has 3 rings (SSSR count). The van der Waals surface area contributed by atoms with Crippen molar-refractivity contribution in [3.05, 3.63) is 59.7 Å². The number of hydrogen-bond donors (Lipinski definition) is 0. The molecule has 0 saturated heterocycles. The zero-order chi connectivity index (χ0) is 21.2. The monoisotopic (exact) mass is 414 g/mol. The van der Waals surface area contributed by atoms with Crippen LogP contribution >= 0.6 is 0 Å². The summed E-state index contributed by atoms with van der Waals surface area (Å²) in [6.45, 7) is 6.95. The molecular weight excluding hydrogens is 384 g/mol. The van der Waals surface area contributed by atoms with Gasteiger partial charge in [-0.25, -0.2) is 8.42 Å². The number of anilines is 1. The molecule has 0 bridgehead atoms. The summed E-state index contributed by atoms with van der Waals surface area (Å²) in [6, 6.07) is 14.0. The average molecular weight is 415 g/mol. The number of nitrogens with zero attached hydrogens (tertiary/aromatic N) is 2. The average Bonchev–Trinajstić information content (AvgIpc) is 3.53. The minimum Gasteiger partial charge on any atom is -0.336 e. The normalized spacial score (nSPS) is 14.1. The summed E-state index contributed by atoms with van der Waals surface area (Å²) >= 11 is 0. The minimum atomic E-state index is -3.75. The zero-order valence-electron chi connectivity index (χ0n) is 17.6. The van der Waals surface area contributed by atoms with Gasteiger partial charge in [-0.1, -0.05) is 37.6 Å². The molecule has 0 spiro atoms. The van der Waals surface area contributed by atoms with Crippen LogP contribution in [-0.2, 0) is 10.0 Å². The Morgan fingerprint density at radius 1 is 1.10 bits per heavy atom. The number of benzene rings is 2. The molecule has 1 aliphatic rings. The largest absolute Gasteiger partial charge is 0.336 e. The second kappa shape index (κ2) is 8.57. The minimum absolute atomic E-state index is 0.0804. The van der Waals surface area contributed by atoms with Crippen molar-refractivity contribution in [1.82, 2.24) is 4.90 Å². The van der Waals surface area contributed by atoms with Gasteiger partial charge < -0.3 is 4.90 Å². The summed E-state index contributed by atoms with van der Waals surface area (Å²) in [5, 5.41) is 0. The van der Waals surface area contributed by atoms with Crippen LogP contribution in [-0.4, -0.2) is 38.9 Å². The van der Waals surface area contributed by atoms with Gasteiger partial charge in [0.05, 0.1) is 10.6 Å². The molecule has 0 atom stereocenters. The fourth-order valence-electron chi connectivity index (χ4n) is 3.24. The first-order valence-electron chi connectivity index (χ1n) is 10.2. The van der Waals surface area contributed by atoms with Gasteiger partial charge in [0, 0.05) is 25.2 Å². The Kier molecular flexibility index (Phi) is 6.32. The van der Waals surface area contributed by atoms with Crippen molar-refractivity contribution in [3.63, 3.8) is 0 Å². The van der Waals surface area contributed by atoms with E-state index in [9.17, 15) is 13.2 Å². The Morgan fingerprint density at radius 3 is 2.34 bits per heavy atom. The smallest absolute Gasteiger partial charge is 0.264 e. The number of carbonyl (C=O) groups excluding carboxylic acids is 1. The maximum absolute atomic E-state index is 13.1. The van der Waals surface area contributed by atoms with E-state index in [1.165, 1.54) is 17.4 Å². The van der Waals surface area contributed by atoms with E-state index in [-0.39, 0.29) is 16.8 Å². The molecule has 6 heteroatoms. The summed E-state index contributed by atoms with van der Waals surface area (Å²) < 4.78 is 27.5. The number of sulfonamides is 1. The highest BCUT2D eigenvalue weighted by molar-refractivity contribution is 7.92. The molecule has 0 unspecified atom stereocenters. The first kappa shape index (κ1) is 21.4. The predicted molar refractivity (Wildman–Crippen MR) is 117 cm³/mol. The van der Waals surface area contributed by atoms with Crippen molar-refractivity contribution < 1.29 is 13.2 Å². The number of rotatable bonds is 8. The second-order valence-corrected chi connectivity index (χ2v) is 10.2. The van der Waals surface area contributed by atoms with Crippen LogP contribution in [0, 0.1) is 12.8 Å². The van der Waals surface area contributed by atoms with Gasteiger partial charge >= 0.3 is 0 Å². The van der Waals surface area contributed by atoms with Crippen LogP contribution in [0.25, 0.3) is 0 Å². The lowest BCUT2D eigenvalue weighted by Gasteiger charge is -2.24. The van der Waals surface area contributed by atoms with Crippen LogP contribution in [0.2, 0.25) is 0 Å². The SMILES string of the molecule is Cc1ccc(N(C)S(=O)(=O)c2cccc(C(=O)N(CCC(C)C)C3CC3)c2)cc1. The molecule has 156 valence electrons. The van der Waals surface area contributed by atoms with Crippen LogP contribution in [0.15, 0.2) is 53.4 Å². The van der Waals surface area contributed by atoms with E-state index >= 15 is 0 Å². The van der Waals surface area contributed by atoms with E-state index in [1.54, 1.807) is 30.3 Å². The van der Waals surface area contributed by atoms with Crippen LogP contribution in [0.5, 0.6) is 0 Å². The molecule has 5 nitrogen and oxygen atoms in total. The first-order valence-corrected chi connectivity index (χ1v) is 11.6. The molecule has 0 aliphatic heterocycles. The Hall–Kier alpha value is -2.34. The van der Waals surface area contributed by atoms with Gasteiger partial charge in [-0.2, -0.15) is 0 Å². The maximum atomic E-state index is 13.1. The molecular formula is C23H30N2O3S. The van der Waals surface area contributed by atoms with E-state index < -0.39 is 10.0 Å². The Labute approximate surface area is 174 Å². The van der Waals surface area contributed by atoms with E-state index in [1.807, 2.05) is 24.0 Å². The van der Waals surface area contributed by atoms with E-state index in [0.29, 0.717) is 23.7 Å². The Bertz CT molecular complexity index is 964. The molecule has 2 aromatic rings.